The first-order valence-electron chi connectivity index (χ1n) is 9.13. The molecule has 0 spiro atoms. The van der Waals surface area contributed by atoms with Crippen LogP contribution in [-0.2, 0) is 6.54 Å². The maximum Gasteiger partial charge on any atom is 0.326 e. The van der Waals surface area contributed by atoms with Crippen LogP contribution in [0.15, 0.2) is 53.3 Å². The third kappa shape index (κ3) is 3.34. The molecule has 27 heavy (non-hydrogen) atoms. The molecule has 3 N–H and O–H groups in total. The summed E-state index contributed by atoms with van der Waals surface area (Å²) in [5.74, 6) is -0.263. The summed E-state index contributed by atoms with van der Waals surface area (Å²) >= 11 is 0. The summed E-state index contributed by atoms with van der Waals surface area (Å²) < 4.78 is 15.4. The molecular formula is C21H22FN3O2. The first-order valence-corrected chi connectivity index (χ1v) is 9.13. The molecule has 1 aliphatic rings. The summed E-state index contributed by atoms with van der Waals surface area (Å²) in [5.41, 5.74) is 2.63. The fourth-order valence-corrected chi connectivity index (χ4v) is 3.77. The molecule has 140 valence electrons. The Hall–Kier alpha value is -2.70. The van der Waals surface area contributed by atoms with Gasteiger partial charge in [0.05, 0.1) is 17.1 Å². The molecule has 0 saturated carbocycles. The highest BCUT2D eigenvalue weighted by atomic mass is 19.1. The van der Waals surface area contributed by atoms with Gasteiger partial charge in [-0.25, -0.2) is 9.18 Å². The van der Waals surface area contributed by atoms with Crippen molar-refractivity contribution in [2.24, 2.45) is 0 Å². The highest BCUT2D eigenvalue weighted by Crippen LogP contribution is 2.29. The van der Waals surface area contributed by atoms with Gasteiger partial charge in [0.25, 0.3) is 0 Å². The zero-order valence-corrected chi connectivity index (χ0v) is 15.0. The Labute approximate surface area is 156 Å². The Balaban J connectivity index is 1.55. The minimum Gasteiger partial charge on any atom is -0.387 e. The molecule has 2 heterocycles. The number of aliphatic hydroxyl groups is 1. The standard InChI is InChI=1S/C21H22FN3O2/c1-13(9-10-14-5-2-3-7-16(14)22)23-18-11-12-25-19-15(20(18)26)6-4-8-17(19)24-21(25)27/h2-10,13,18,20,23,26H,11-12H2,1H3,(H,24,27). The molecule has 0 amide bonds. The normalized spacial score (nSPS) is 20.9. The van der Waals surface area contributed by atoms with Crippen LogP contribution in [0, 0.1) is 5.82 Å². The molecule has 0 saturated heterocycles. The first-order chi connectivity index (χ1) is 13.0. The lowest BCUT2D eigenvalue weighted by Gasteiger charge is -2.25. The van der Waals surface area contributed by atoms with Gasteiger partial charge in [0, 0.05) is 29.8 Å². The van der Waals surface area contributed by atoms with Gasteiger partial charge in [0.2, 0.25) is 0 Å². The molecule has 1 aliphatic heterocycles. The molecule has 3 atom stereocenters. The maximum atomic E-state index is 13.7. The van der Waals surface area contributed by atoms with Gasteiger partial charge in [-0.1, -0.05) is 42.5 Å². The highest BCUT2D eigenvalue weighted by Gasteiger charge is 2.28. The molecule has 1 aromatic heterocycles. The monoisotopic (exact) mass is 367 g/mol. The number of aromatic amines is 1. The van der Waals surface area contributed by atoms with Crippen molar-refractivity contribution in [1.82, 2.24) is 14.9 Å². The van der Waals surface area contributed by atoms with E-state index in [2.05, 4.69) is 10.3 Å². The van der Waals surface area contributed by atoms with E-state index in [1.54, 1.807) is 28.8 Å². The Kier molecular flexibility index (Phi) is 4.68. The van der Waals surface area contributed by atoms with Gasteiger partial charge in [0.15, 0.2) is 0 Å². The topological polar surface area (TPSA) is 70.0 Å². The summed E-state index contributed by atoms with van der Waals surface area (Å²) in [7, 11) is 0. The predicted octanol–water partition coefficient (Wildman–Crippen LogP) is 2.97. The third-order valence-corrected chi connectivity index (χ3v) is 5.13. The number of nitrogens with one attached hydrogen (secondary N) is 2. The molecule has 0 bridgehead atoms. The lowest BCUT2D eigenvalue weighted by Crippen LogP contribution is -2.40. The summed E-state index contributed by atoms with van der Waals surface area (Å²) in [5, 5.41) is 14.3. The predicted molar refractivity (Wildman–Crippen MR) is 104 cm³/mol. The summed E-state index contributed by atoms with van der Waals surface area (Å²) in [6, 6.07) is 11.9. The van der Waals surface area contributed by atoms with Crippen LogP contribution in [0.1, 0.15) is 30.6 Å². The average Bonchev–Trinajstić information content (AvgIpc) is 2.91. The second-order valence-electron chi connectivity index (χ2n) is 7.00. The van der Waals surface area contributed by atoms with Crippen molar-refractivity contribution in [2.45, 2.75) is 38.1 Å². The zero-order chi connectivity index (χ0) is 19.0. The molecule has 0 radical (unpaired) electrons. The van der Waals surface area contributed by atoms with Gasteiger partial charge < -0.3 is 15.4 Å². The minimum absolute atomic E-state index is 0.0702. The number of halogens is 1. The summed E-state index contributed by atoms with van der Waals surface area (Å²) in [6.45, 7) is 2.48. The van der Waals surface area contributed by atoms with E-state index in [0.717, 1.165) is 16.6 Å². The van der Waals surface area contributed by atoms with Crippen LogP contribution < -0.4 is 11.0 Å². The molecular weight excluding hydrogens is 345 g/mol. The smallest absolute Gasteiger partial charge is 0.326 e. The van der Waals surface area contributed by atoms with E-state index in [0.29, 0.717) is 18.5 Å². The van der Waals surface area contributed by atoms with Crippen LogP contribution in [0.2, 0.25) is 0 Å². The molecule has 3 unspecified atom stereocenters. The van der Waals surface area contributed by atoms with E-state index < -0.39 is 6.10 Å². The number of hydrogen-bond donors (Lipinski definition) is 3. The third-order valence-electron chi connectivity index (χ3n) is 5.13. The molecule has 3 aromatic rings. The largest absolute Gasteiger partial charge is 0.387 e. The molecule has 2 aromatic carbocycles. The number of benzene rings is 2. The molecule has 0 aliphatic carbocycles. The fraction of sp³-hybridized carbons (Fsp3) is 0.286. The van der Waals surface area contributed by atoms with Crippen molar-refractivity contribution in [3.8, 4) is 0 Å². The second kappa shape index (κ2) is 7.13. The molecule has 4 rings (SSSR count). The fourth-order valence-electron chi connectivity index (χ4n) is 3.77. The van der Waals surface area contributed by atoms with Gasteiger partial charge in [-0.15, -0.1) is 0 Å². The van der Waals surface area contributed by atoms with Gasteiger partial charge >= 0.3 is 5.69 Å². The van der Waals surface area contributed by atoms with E-state index >= 15 is 0 Å². The van der Waals surface area contributed by atoms with Crippen LogP contribution in [0.5, 0.6) is 0 Å². The second-order valence-corrected chi connectivity index (χ2v) is 7.00. The summed E-state index contributed by atoms with van der Waals surface area (Å²) in [6.07, 6.45) is 3.50. The van der Waals surface area contributed by atoms with E-state index in [-0.39, 0.29) is 23.6 Å². The zero-order valence-electron chi connectivity index (χ0n) is 15.0. The number of rotatable bonds is 4. The number of nitrogens with zero attached hydrogens (tertiary/aromatic N) is 1. The van der Waals surface area contributed by atoms with E-state index in [4.69, 9.17) is 0 Å². The van der Waals surface area contributed by atoms with Crippen molar-refractivity contribution in [3.63, 3.8) is 0 Å². The number of H-pyrrole nitrogens is 1. The van der Waals surface area contributed by atoms with E-state index in [1.807, 2.05) is 31.2 Å². The number of imidazole rings is 1. The van der Waals surface area contributed by atoms with Gasteiger partial charge in [-0.3, -0.25) is 4.57 Å². The van der Waals surface area contributed by atoms with Gasteiger partial charge in [-0.2, -0.15) is 0 Å². The molecule has 5 nitrogen and oxygen atoms in total. The van der Waals surface area contributed by atoms with Crippen molar-refractivity contribution < 1.29 is 9.50 Å². The molecule has 6 heteroatoms. The number of para-hydroxylation sites is 1. The first kappa shape index (κ1) is 17.7. The van der Waals surface area contributed by atoms with Gasteiger partial charge in [0.1, 0.15) is 5.82 Å². The highest BCUT2D eigenvalue weighted by molar-refractivity contribution is 5.79. The lowest BCUT2D eigenvalue weighted by molar-refractivity contribution is 0.122. The maximum absolute atomic E-state index is 13.7. The Morgan fingerprint density at radius 1 is 1.30 bits per heavy atom. The number of aliphatic hydroxyl groups excluding tert-OH is 1. The Morgan fingerprint density at radius 3 is 2.93 bits per heavy atom. The van der Waals surface area contributed by atoms with Crippen molar-refractivity contribution in [3.05, 3.63) is 76.0 Å². The van der Waals surface area contributed by atoms with E-state index in [1.165, 1.54) is 6.07 Å². The van der Waals surface area contributed by atoms with Crippen LogP contribution in [0.4, 0.5) is 4.39 Å². The quantitative estimate of drug-likeness (QED) is 0.664. The van der Waals surface area contributed by atoms with Gasteiger partial charge in [-0.05, 0) is 25.5 Å². The number of hydrogen-bond acceptors (Lipinski definition) is 3. The Bertz CT molecular complexity index is 1050. The van der Waals surface area contributed by atoms with Crippen LogP contribution in [0.25, 0.3) is 17.1 Å². The van der Waals surface area contributed by atoms with Crippen LogP contribution in [0.3, 0.4) is 0 Å². The molecule has 0 fully saturated rings. The van der Waals surface area contributed by atoms with Crippen LogP contribution in [-0.4, -0.2) is 26.7 Å². The number of aryl methyl sites for hydroxylation is 1. The average molecular weight is 367 g/mol. The SMILES string of the molecule is CC(C=Cc1ccccc1F)NC1CCn2c(=O)[nH]c3cccc(c32)C1O. The van der Waals surface area contributed by atoms with Crippen molar-refractivity contribution >= 4 is 17.1 Å². The minimum atomic E-state index is -0.734. The lowest BCUT2D eigenvalue weighted by atomic mass is 9.99. The summed E-state index contributed by atoms with van der Waals surface area (Å²) in [4.78, 5) is 15.0. The van der Waals surface area contributed by atoms with Crippen molar-refractivity contribution in [1.29, 1.82) is 0 Å². The van der Waals surface area contributed by atoms with E-state index in [9.17, 15) is 14.3 Å². The van der Waals surface area contributed by atoms with Crippen molar-refractivity contribution in [2.75, 3.05) is 0 Å². The Morgan fingerprint density at radius 2 is 2.11 bits per heavy atom. The van der Waals surface area contributed by atoms with Crippen LogP contribution >= 0.6 is 0 Å². The number of aromatic nitrogens is 2.